The maximum absolute atomic E-state index is 8.00. The average Bonchev–Trinajstić information content (AvgIpc) is 3.06. The fourth-order valence-corrected chi connectivity index (χ4v) is 8.97. The second-order valence-corrected chi connectivity index (χ2v) is 13.1. The van der Waals surface area contributed by atoms with Gasteiger partial charge in [0.25, 0.3) is 0 Å². The molecule has 0 unspecified atom stereocenters. The van der Waals surface area contributed by atoms with E-state index in [-0.39, 0.29) is 16.5 Å². The van der Waals surface area contributed by atoms with Gasteiger partial charge in [-0.05, 0) is 47.7 Å². The quantitative estimate of drug-likeness (QED) is 0.151. The Kier molecular flexibility index (Phi) is 13.9. The van der Waals surface area contributed by atoms with Gasteiger partial charge >= 0.3 is 0 Å². The van der Waals surface area contributed by atoms with Gasteiger partial charge in [0.15, 0.2) is 0 Å². The maximum atomic E-state index is 8.00. The largest absolute Gasteiger partial charge is 0.307 e. The second kappa shape index (κ2) is 17.9. The van der Waals surface area contributed by atoms with E-state index in [1.54, 1.807) is 0 Å². The molecule has 0 amide bonds. The van der Waals surface area contributed by atoms with Crippen LogP contribution in [0.2, 0.25) is 0 Å². The van der Waals surface area contributed by atoms with Crippen LogP contribution in [0.25, 0.3) is 0 Å². The first-order valence-electron chi connectivity index (χ1n) is 13.1. The summed E-state index contributed by atoms with van der Waals surface area (Å²) >= 11 is 0. The summed E-state index contributed by atoms with van der Waals surface area (Å²) in [6.07, 6.45) is 0. The first kappa shape index (κ1) is 31.9. The molecular formula is C37H32NiOP2. The van der Waals surface area contributed by atoms with Gasteiger partial charge in [-0.15, -0.1) is 0 Å². The predicted molar refractivity (Wildman–Crippen MR) is 177 cm³/mol. The summed E-state index contributed by atoms with van der Waals surface area (Å²) in [5.74, 6) is 0. The SMILES string of the molecule is C=O.[Ni].c1ccc(P(c2ccccc2)c2ccccc2)cc1.c1ccc(P(c2ccccc2)c2ccccc2)cc1. The van der Waals surface area contributed by atoms with E-state index in [9.17, 15) is 0 Å². The van der Waals surface area contributed by atoms with Crippen LogP contribution in [0, 0.1) is 0 Å². The summed E-state index contributed by atoms with van der Waals surface area (Å²) in [5.41, 5.74) is 0. The molecule has 0 spiro atoms. The van der Waals surface area contributed by atoms with Gasteiger partial charge in [0.05, 0.1) is 0 Å². The Hall–Kier alpha value is -3.66. The van der Waals surface area contributed by atoms with E-state index in [1.165, 1.54) is 31.8 Å². The molecule has 0 saturated heterocycles. The third-order valence-electron chi connectivity index (χ3n) is 6.09. The molecule has 0 atom stereocenters. The van der Waals surface area contributed by atoms with Gasteiger partial charge in [-0.2, -0.15) is 0 Å². The topological polar surface area (TPSA) is 17.1 Å². The number of hydrogen-bond donors (Lipinski definition) is 0. The van der Waals surface area contributed by atoms with Gasteiger partial charge < -0.3 is 4.79 Å². The van der Waals surface area contributed by atoms with E-state index in [1.807, 2.05) is 6.79 Å². The summed E-state index contributed by atoms with van der Waals surface area (Å²) in [6, 6.07) is 64.7. The molecule has 0 radical (unpaired) electrons. The fraction of sp³-hybridized carbons (Fsp3) is 0. The minimum Gasteiger partial charge on any atom is -0.307 e. The third kappa shape index (κ3) is 9.18. The Balaban J connectivity index is 0.000000208. The molecule has 0 aromatic heterocycles. The van der Waals surface area contributed by atoms with Gasteiger partial charge in [-0.1, -0.05) is 182 Å². The molecule has 0 fully saturated rings. The Bertz CT molecular complexity index is 1200. The third-order valence-corrected chi connectivity index (χ3v) is 11.0. The summed E-state index contributed by atoms with van der Waals surface area (Å²) < 4.78 is 0. The van der Waals surface area contributed by atoms with Crippen molar-refractivity contribution in [3.05, 3.63) is 182 Å². The number of benzene rings is 6. The van der Waals surface area contributed by atoms with E-state index in [2.05, 4.69) is 182 Å². The van der Waals surface area contributed by atoms with Crippen LogP contribution in [0.1, 0.15) is 0 Å². The fourth-order valence-electron chi connectivity index (χ4n) is 4.36. The van der Waals surface area contributed by atoms with Crippen molar-refractivity contribution >= 4 is 54.5 Å². The zero-order chi connectivity index (χ0) is 27.8. The van der Waals surface area contributed by atoms with Crippen molar-refractivity contribution in [3.8, 4) is 0 Å². The molecule has 6 aromatic carbocycles. The van der Waals surface area contributed by atoms with Crippen molar-refractivity contribution in [2.75, 3.05) is 0 Å². The Labute approximate surface area is 256 Å². The van der Waals surface area contributed by atoms with Crippen molar-refractivity contribution in [2.24, 2.45) is 0 Å². The summed E-state index contributed by atoms with van der Waals surface area (Å²) in [6.45, 7) is 2.00. The molecule has 0 heterocycles. The molecule has 206 valence electrons. The molecule has 0 aliphatic heterocycles. The van der Waals surface area contributed by atoms with Crippen molar-refractivity contribution < 1.29 is 21.3 Å². The van der Waals surface area contributed by atoms with Crippen LogP contribution < -0.4 is 31.8 Å². The van der Waals surface area contributed by atoms with Gasteiger partial charge in [0.1, 0.15) is 6.79 Å². The van der Waals surface area contributed by atoms with E-state index >= 15 is 0 Å². The van der Waals surface area contributed by atoms with Gasteiger partial charge in [-0.3, -0.25) is 0 Å². The Morgan fingerprint density at radius 2 is 0.390 bits per heavy atom. The van der Waals surface area contributed by atoms with Crippen molar-refractivity contribution in [3.63, 3.8) is 0 Å². The van der Waals surface area contributed by atoms with Crippen LogP contribution >= 0.6 is 15.8 Å². The molecular weight excluding hydrogens is 581 g/mol. The van der Waals surface area contributed by atoms with Gasteiger partial charge in [0.2, 0.25) is 0 Å². The molecule has 41 heavy (non-hydrogen) atoms. The van der Waals surface area contributed by atoms with Crippen LogP contribution in [0.15, 0.2) is 182 Å². The van der Waals surface area contributed by atoms with Crippen molar-refractivity contribution in [1.29, 1.82) is 0 Å². The minimum absolute atomic E-state index is 0. The summed E-state index contributed by atoms with van der Waals surface area (Å²) in [7, 11) is -0.892. The summed E-state index contributed by atoms with van der Waals surface area (Å²) in [5, 5.41) is 8.39. The van der Waals surface area contributed by atoms with E-state index < -0.39 is 15.8 Å². The molecule has 0 N–H and O–H groups in total. The zero-order valence-corrected chi connectivity index (χ0v) is 25.4. The van der Waals surface area contributed by atoms with Crippen LogP contribution in [0.5, 0.6) is 0 Å². The Morgan fingerprint density at radius 1 is 0.268 bits per heavy atom. The monoisotopic (exact) mass is 612 g/mol. The van der Waals surface area contributed by atoms with Gasteiger partial charge in [0, 0.05) is 16.5 Å². The molecule has 1 nitrogen and oxygen atoms in total. The minimum atomic E-state index is -0.446. The standard InChI is InChI=1S/2C18H15P.CH2O.Ni/c2*1-4-10-16(11-5-1)19(17-12-6-2-7-13-17)18-14-8-3-9-15-18;1-2;/h2*1-15H;1H2;. The average molecular weight is 613 g/mol. The van der Waals surface area contributed by atoms with E-state index in [4.69, 9.17) is 4.79 Å². The smallest absolute Gasteiger partial charge is 0.106 e. The van der Waals surface area contributed by atoms with Crippen LogP contribution in [0.3, 0.4) is 0 Å². The summed E-state index contributed by atoms with van der Waals surface area (Å²) in [4.78, 5) is 8.00. The number of carbonyl (C=O) groups is 1. The first-order valence-corrected chi connectivity index (χ1v) is 15.8. The molecule has 0 bridgehead atoms. The van der Waals surface area contributed by atoms with E-state index in [0.29, 0.717) is 0 Å². The number of carbonyl (C=O) groups excluding carboxylic acids is 1. The van der Waals surface area contributed by atoms with Gasteiger partial charge in [-0.25, -0.2) is 0 Å². The normalized spacial score (nSPS) is 9.90. The molecule has 0 saturated carbocycles. The molecule has 0 aliphatic rings. The Morgan fingerprint density at radius 3 is 0.512 bits per heavy atom. The first-order chi connectivity index (χ1) is 19.9. The molecule has 6 rings (SSSR count). The molecule has 4 heteroatoms. The number of hydrogen-bond acceptors (Lipinski definition) is 1. The zero-order valence-electron chi connectivity index (χ0n) is 22.6. The van der Waals surface area contributed by atoms with Crippen LogP contribution in [-0.4, -0.2) is 6.79 Å². The molecule has 6 aromatic rings. The maximum Gasteiger partial charge on any atom is 0.106 e. The van der Waals surface area contributed by atoms with Crippen molar-refractivity contribution in [2.45, 2.75) is 0 Å². The van der Waals surface area contributed by atoms with Crippen LogP contribution in [0.4, 0.5) is 0 Å². The number of rotatable bonds is 6. The van der Waals surface area contributed by atoms with E-state index in [0.717, 1.165) is 0 Å². The van der Waals surface area contributed by atoms with Crippen molar-refractivity contribution in [1.82, 2.24) is 0 Å². The predicted octanol–water partition coefficient (Wildman–Crippen LogP) is 6.70. The second-order valence-electron chi connectivity index (χ2n) is 8.68. The molecule has 0 aliphatic carbocycles. The van der Waals surface area contributed by atoms with Crippen LogP contribution in [-0.2, 0) is 21.3 Å².